The first-order chi connectivity index (χ1) is 23.6. The highest BCUT2D eigenvalue weighted by Crippen LogP contribution is 2.32. The number of benzene rings is 1. The second-order valence-corrected chi connectivity index (χ2v) is 14.0. The molecule has 5 rings (SSSR count). The van der Waals surface area contributed by atoms with E-state index in [0.29, 0.717) is 67.0 Å². The minimum atomic E-state index is -4.46. The molecule has 14 heteroatoms. The van der Waals surface area contributed by atoms with Crippen LogP contribution >= 0.6 is 0 Å². The molecule has 0 unspecified atom stereocenters. The molecule has 270 valence electrons. The van der Waals surface area contributed by atoms with E-state index in [9.17, 15) is 27.6 Å². The maximum atomic E-state index is 13.4. The van der Waals surface area contributed by atoms with Gasteiger partial charge in [0.1, 0.15) is 23.4 Å². The highest BCUT2D eigenvalue weighted by atomic mass is 19.4. The standard InChI is InChI=1S/C36H46F3N7O4/c1-24(26-9-8-10-27(21-26)36(37,38)39)42-31-29-22-28(33(48)43(5)32(29)41-23-40-31)25-12-15-45(16-13-25)30(47)11-6-7-14-44-17-19-46(20-18-44)34(49)50-35(2,3)4/h8-10,12,21-24H,6-7,11,13-20H2,1-5H3,(H,40,41,42)/t24-/m1/s1. The summed E-state index contributed by atoms with van der Waals surface area (Å²) >= 11 is 0. The SMILES string of the molecule is C[C@@H](Nc1ncnc2c1cc(C1=CCN(C(=O)CCCCN3CCN(C(=O)OC(C)(C)C)CC3)CC1)c(=O)n2C)c1cccc(C(F)(F)F)c1. The van der Waals surface area contributed by atoms with Crippen LogP contribution in [-0.4, -0.2) is 92.6 Å². The second-order valence-electron chi connectivity index (χ2n) is 14.0. The van der Waals surface area contributed by atoms with E-state index in [1.54, 1.807) is 31.0 Å². The number of halogens is 3. The Kier molecular flexibility index (Phi) is 11.2. The van der Waals surface area contributed by atoms with Gasteiger partial charge in [0, 0.05) is 64.3 Å². The summed E-state index contributed by atoms with van der Waals surface area (Å²) in [6.07, 6.45) is 1.08. The molecule has 1 saturated heterocycles. The predicted octanol–water partition coefficient (Wildman–Crippen LogP) is 5.86. The molecule has 1 N–H and O–H groups in total. The van der Waals surface area contributed by atoms with Gasteiger partial charge in [-0.25, -0.2) is 14.8 Å². The number of ether oxygens (including phenoxy) is 1. The molecule has 0 saturated carbocycles. The topological polar surface area (TPSA) is 113 Å². The number of piperazine rings is 1. The highest BCUT2D eigenvalue weighted by molar-refractivity contribution is 5.89. The van der Waals surface area contributed by atoms with Gasteiger partial charge in [0.25, 0.3) is 5.56 Å². The first-order valence-corrected chi connectivity index (χ1v) is 17.1. The first kappa shape index (κ1) is 36.8. The van der Waals surface area contributed by atoms with Gasteiger partial charge in [0.15, 0.2) is 0 Å². The van der Waals surface area contributed by atoms with Crippen molar-refractivity contribution in [3.63, 3.8) is 0 Å². The van der Waals surface area contributed by atoms with E-state index in [1.807, 2.05) is 31.7 Å². The number of aryl methyl sites for hydroxylation is 1. The van der Waals surface area contributed by atoms with Crippen LogP contribution in [0, 0.1) is 0 Å². The Bertz CT molecular complexity index is 1790. The van der Waals surface area contributed by atoms with Crippen LogP contribution < -0.4 is 10.9 Å². The van der Waals surface area contributed by atoms with Crippen LogP contribution in [0.5, 0.6) is 0 Å². The van der Waals surface area contributed by atoms with Crippen LogP contribution in [-0.2, 0) is 22.8 Å². The number of rotatable bonds is 9. The molecule has 2 aliphatic heterocycles. The molecule has 0 bridgehead atoms. The van der Waals surface area contributed by atoms with Crippen LogP contribution in [0.25, 0.3) is 16.6 Å². The fourth-order valence-electron chi connectivity index (χ4n) is 6.28. The lowest BCUT2D eigenvalue weighted by molar-refractivity contribution is -0.137. The number of nitrogens with one attached hydrogen (secondary N) is 1. The number of hydrogen-bond donors (Lipinski definition) is 1. The summed E-state index contributed by atoms with van der Waals surface area (Å²) < 4.78 is 46.9. The molecule has 2 aromatic heterocycles. The summed E-state index contributed by atoms with van der Waals surface area (Å²) in [6, 6.07) is 6.35. The molecule has 0 aliphatic carbocycles. The summed E-state index contributed by atoms with van der Waals surface area (Å²) in [6.45, 7) is 11.9. The van der Waals surface area contributed by atoms with Gasteiger partial charge >= 0.3 is 12.3 Å². The van der Waals surface area contributed by atoms with Gasteiger partial charge in [0.05, 0.1) is 10.9 Å². The Morgan fingerprint density at radius 3 is 2.40 bits per heavy atom. The zero-order valence-electron chi connectivity index (χ0n) is 29.3. The number of alkyl halides is 3. The largest absolute Gasteiger partial charge is 0.444 e. The summed E-state index contributed by atoms with van der Waals surface area (Å²) in [5, 5.41) is 3.77. The molecule has 1 atom stereocenters. The lowest BCUT2D eigenvalue weighted by atomic mass is 9.99. The number of hydrogen-bond acceptors (Lipinski definition) is 8. The fraction of sp³-hybridized carbons (Fsp3) is 0.528. The third-order valence-electron chi connectivity index (χ3n) is 9.12. The minimum Gasteiger partial charge on any atom is -0.444 e. The number of pyridine rings is 1. The number of anilines is 1. The molecule has 0 radical (unpaired) electrons. The zero-order chi connectivity index (χ0) is 36.2. The molecule has 1 fully saturated rings. The lowest BCUT2D eigenvalue weighted by Gasteiger charge is -2.35. The van der Waals surface area contributed by atoms with Crippen LogP contribution in [0.3, 0.4) is 0 Å². The third-order valence-corrected chi connectivity index (χ3v) is 9.12. The zero-order valence-corrected chi connectivity index (χ0v) is 29.3. The first-order valence-electron chi connectivity index (χ1n) is 17.1. The molecule has 50 heavy (non-hydrogen) atoms. The number of aromatic nitrogens is 3. The highest BCUT2D eigenvalue weighted by Gasteiger charge is 2.31. The quantitative estimate of drug-likeness (QED) is 0.277. The van der Waals surface area contributed by atoms with Crippen molar-refractivity contribution < 1.29 is 27.5 Å². The number of nitrogens with zero attached hydrogens (tertiary/aromatic N) is 6. The molecule has 1 aromatic carbocycles. The van der Waals surface area contributed by atoms with Crippen molar-refractivity contribution in [3.8, 4) is 0 Å². The number of unbranched alkanes of at least 4 members (excludes halogenated alkanes) is 1. The van der Waals surface area contributed by atoms with Crippen LogP contribution in [0.2, 0.25) is 0 Å². The molecule has 4 heterocycles. The van der Waals surface area contributed by atoms with Crippen LogP contribution in [0.1, 0.15) is 76.1 Å². The monoisotopic (exact) mass is 697 g/mol. The Hall–Kier alpha value is -4.46. The van der Waals surface area contributed by atoms with Crippen molar-refractivity contribution >= 4 is 34.4 Å². The van der Waals surface area contributed by atoms with Gasteiger partial charge in [-0.1, -0.05) is 18.2 Å². The number of fused-ring (bicyclic) bond motifs is 1. The van der Waals surface area contributed by atoms with E-state index < -0.39 is 23.4 Å². The van der Waals surface area contributed by atoms with Crippen LogP contribution in [0.15, 0.2) is 47.5 Å². The minimum absolute atomic E-state index is 0.0740. The van der Waals surface area contributed by atoms with Gasteiger partial charge in [-0.15, -0.1) is 0 Å². The van der Waals surface area contributed by atoms with Crippen molar-refractivity contribution in [2.45, 2.75) is 71.2 Å². The van der Waals surface area contributed by atoms with Crippen molar-refractivity contribution in [2.24, 2.45) is 7.05 Å². The van der Waals surface area contributed by atoms with Crippen molar-refractivity contribution in [1.29, 1.82) is 0 Å². The maximum absolute atomic E-state index is 13.4. The molecule has 2 amide bonds. The number of amides is 2. The fourth-order valence-corrected chi connectivity index (χ4v) is 6.28. The van der Waals surface area contributed by atoms with Crippen molar-refractivity contribution in [3.05, 3.63) is 69.8 Å². The average Bonchev–Trinajstić information content (AvgIpc) is 3.07. The second kappa shape index (κ2) is 15.2. The molecule has 11 nitrogen and oxygen atoms in total. The van der Waals surface area contributed by atoms with Gasteiger partial charge in [-0.05, 0) is 82.8 Å². The Morgan fingerprint density at radius 2 is 1.74 bits per heavy atom. The van der Waals surface area contributed by atoms with E-state index in [-0.39, 0.29) is 17.6 Å². The van der Waals surface area contributed by atoms with Gasteiger partial charge < -0.3 is 19.9 Å². The van der Waals surface area contributed by atoms with E-state index in [0.717, 1.165) is 50.2 Å². The van der Waals surface area contributed by atoms with E-state index in [2.05, 4.69) is 20.2 Å². The maximum Gasteiger partial charge on any atom is 0.416 e. The summed E-state index contributed by atoms with van der Waals surface area (Å²) in [4.78, 5) is 53.3. The van der Waals surface area contributed by atoms with Gasteiger partial charge in [0.2, 0.25) is 5.91 Å². The lowest BCUT2D eigenvalue weighted by Crippen LogP contribution is -2.50. The van der Waals surface area contributed by atoms with Gasteiger partial charge in [-0.3, -0.25) is 19.1 Å². The molecule has 2 aliphatic rings. The molecule has 3 aromatic rings. The van der Waals surface area contributed by atoms with Crippen LogP contribution in [0.4, 0.5) is 23.8 Å². The van der Waals surface area contributed by atoms with E-state index in [4.69, 9.17) is 4.74 Å². The Morgan fingerprint density at radius 1 is 1.00 bits per heavy atom. The predicted molar refractivity (Wildman–Crippen MR) is 186 cm³/mol. The molecule has 0 spiro atoms. The number of carbonyl (C=O) groups is 2. The van der Waals surface area contributed by atoms with E-state index in [1.165, 1.54) is 17.0 Å². The smallest absolute Gasteiger partial charge is 0.416 e. The Balaban J connectivity index is 1.16. The third kappa shape index (κ3) is 9.01. The van der Waals surface area contributed by atoms with E-state index >= 15 is 0 Å². The van der Waals surface area contributed by atoms with Crippen molar-refractivity contribution in [1.82, 2.24) is 29.2 Å². The normalized spacial score (nSPS) is 16.7. The number of carbonyl (C=O) groups excluding carboxylic acids is 2. The summed E-state index contributed by atoms with van der Waals surface area (Å²) in [5.74, 6) is 0.472. The Labute approximate surface area is 290 Å². The summed E-state index contributed by atoms with van der Waals surface area (Å²) in [7, 11) is 1.63. The molecular weight excluding hydrogens is 651 g/mol. The van der Waals surface area contributed by atoms with Crippen molar-refractivity contribution in [2.75, 3.05) is 51.1 Å². The summed E-state index contributed by atoms with van der Waals surface area (Å²) in [5.41, 5.74) is 0.654. The average molecular weight is 698 g/mol. The molecular formula is C36H46F3N7O4. The van der Waals surface area contributed by atoms with Gasteiger partial charge in [-0.2, -0.15) is 13.2 Å².